The molecule has 0 bridgehead atoms. The van der Waals surface area contributed by atoms with Crippen molar-refractivity contribution in [2.45, 2.75) is 6.92 Å². The van der Waals surface area contributed by atoms with Gasteiger partial charge in [0.25, 0.3) is 0 Å². The number of ether oxygens (including phenoxy) is 2. The monoisotopic (exact) mass is 267 g/mol. The SMILES string of the molecule is COc1ccc(-c2c(C)[nH]c3cccc(OC)c23)cc1. The van der Waals surface area contributed by atoms with Crippen LogP contribution in [0.4, 0.5) is 0 Å². The van der Waals surface area contributed by atoms with Crippen LogP contribution in [0.1, 0.15) is 5.69 Å². The van der Waals surface area contributed by atoms with E-state index in [2.05, 4.69) is 30.1 Å². The van der Waals surface area contributed by atoms with E-state index in [1.54, 1.807) is 14.2 Å². The molecule has 0 spiro atoms. The van der Waals surface area contributed by atoms with Gasteiger partial charge in [0.15, 0.2) is 0 Å². The van der Waals surface area contributed by atoms with Crippen LogP contribution in [0.15, 0.2) is 42.5 Å². The van der Waals surface area contributed by atoms with Gasteiger partial charge in [0.2, 0.25) is 0 Å². The summed E-state index contributed by atoms with van der Waals surface area (Å²) in [5.41, 5.74) is 4.56. The first-order valence-corrected chi connectivity index (χ1v) is 6.54. The molecule has 3 rings (SSSR count). The fourth-order valence-corrected chi connectivity index (χ4v) is 2.63. The molecule has 1 heterocycles. The van der Waals surface area contributed by atoms with Crippen LogP contribution >= 0.6 is 0 Å². The average molecular weight is 267 g/mol. The Kier molecular flexibility index (Phi) is 3.11. The molecule has 20 heavy (non-hydrogen) atoms. The zero-order chi connectivity index (χ0) is 14.1. The number of rotatable bonds is 3. The van der Waals surface area contributed by atoms with Crippen molar-refractivity contribution in [1.29, 1.82) is 0 Å². The van der Waals surface area contributed by atoms with Crippen molar-refractivity contribution in [3.8, 4) is 22.6 Å². The number of methoxy groups -OCH3 is 2. The third-order valence-corrected chi connectivity index (χ3v) is 3.57. The van der Waals surface area contributed by atoms with Crippen molar-refractivity contribution < 1.29 is 9.47 Å². The topological polar surface area (TPSA) is 34.2 Å². The minimum atomic E-state index is 0.859. The molecular formula is C17H17NO2. The maximum atomic E-state index is 5.50. The van der Waals surface area contributed by atoms with Gasteiger partial charge in [-0.2, -0.15) is 0 Å². The van der Waals surface area contributed by atoms with Crippen LogP contribution in [0.2, 0.25) is 0 Å². The van der Waals surface area contributed by atoms with E-state index >= 15 is 0 Å². The summed E-state index contributed by atoms with van der Waals surface area (Å²) in [5, 5.41) is 1.12. The Hall–Kier alpha value is -2.42. The van der Waals surface area contributed by atoms with Crippen molar-refractivity contribution >= 4 is 10.9 Å². The van der Waals surface area contributed by atoms with E-state index in [1.807, 2.05) is 24.3 Å². The van der Waals surface area contributed by atoms with Crippen LogP contribution in [-0.4, -0.2) is 19.2 Å². The number of aromatic nitrogens is 1. The van der Waals surface area contributed by atoms with Gasteiger partial charge >= 0.3 is 0 Å². The Morgan fingerprint density at radius 2 is 1.65 bits per heavy atom. The molecule has 0 saturated heterocycles. The predicted octanol–water partition coefficient (Wildman–Crippen LogP) is 4.16. The van der Waals surface area contributed by atoms with Gasteiger partial charge in [-0.15, -0.1) is 0 Å². The van der Waals surface area contributed by atoms with Gasteiger partial charge < -0.3 is 14.5 Å². The fraction of sp³-hybridized carbons (Fsp3) is 0.176. The lowest BCUT2D eigenvalue weighted by Crippen LogP contribution is -1.86. The summed E-state index contributed by atoms with van der Waals surface area (Å²) in [6, 6.07) is 14.1. The first-order chi connectivity index (χ1) is 9.74. The van der Waals surface area contributed by atoms with Gasteiger partial charge in [-0.3, -0.25) is 0 Å². The Morgan fingerprint density at radius 1 is 0.900 bits per heavy atom. The van der Waals surface area contributed by atoms with Crippen LogP contribution in [0.3, 0.4) is 0 Å². The summed E-state index contributed by atoms with van der Waals surface area (Å²) in [7, 11) is 3.38. The highest BCUT2D eigenvalue weighted by Crippen LogP contribution is 2.38. The second-order valence-corrected chi connectivity index (χ2v) is 4.74. The normalized spacial score (nSPS) is 10.8. The third kappa shape index (κ3) is 1.92. The highest BCUT2D eigenvalue weighted by Gasteiger charge is 2.14. The first kappa shape index (κ1) is 12.6. The van der Waals surface area contributed by atoms with Crippen molar-refractivity contribution in [2.75, 3.05) is 14.2 Å². The summed E-state index contributed by atoms with van der Waals surface area (Å²) in [6.07, 6.45) is 0. The van der Waals surface area contributed by atoms with Crippen LogP contribution in [0.5, 0.6) is 11.5 Å². The second-order valence-electron chi connectivity index (χ2n) is 4.74. The molecular weight excluding hydrogens is 250 g/mol. The van der Waals surface area contributed by atoms with E-state index in [0.717, 1.165) is 33.7 Å². The highest BCUT2D eigenvalue weighted by atomic mass is 16.5. The molecule has 0 aliphatic heterocycles. The summed E-state index contributed by atoms with van der Waals surface area (Å²) in [4.78, 5) is 3.42. The van der Waals surface area contributed by atoms with Crippen LogP contribution in [0, 0.1) is 6.92 Å². The standard InChI is InChI=1S/C17H17NO2/c1-11-16(12-7-9-13(19-2)10-8-12)17-14(18-11)5-4-6-15(17)20-3/h4-10,18H,1-3H3. The van der Waals surface area contributed by atoms with Crippen LogP contribution in [0.25, 0.3) is 22.0 Å². The number of fused-ring (bicyclic) bond motifs is 1. The minimum absolute atomic E-state index is 0.859. The first-order valence-electron chi connectivity index (χ1n) is 6.54. The minimum Gasteiger partial charge on any atom is -0.497 e. The molecule has 0 saturated carbocycles. The van der Waals surface area contributed by atoms with Gasteiger partial charge in [-0.25, -0.2) is 0 Å². The van der Waals surface area contributed by atoms with Crippen LogP contribution in [-0.2, 0) is 0 Å². The molecule has 0 aliphatic rings. The second kappa shape index (κ2) is 4.93. The number of hydrogen-bond acceptors (Lipinski definition) is 2. The molecule has 102 valence electrons. The average Bonchev–Trinajstić information content (AvgIpc) is 2.83. The van der Waals surface area contributed by atoms with E-state index in [-0.39, 0.29) is 0 Å². The number of aryl methyl sites for hydroxylation is 1. The van der Waals surface area contributed by atoms with Crippen molar-refractivity contribution in [2.24, 2.45) is 0 Å². The molecule has 1 aromatic heterocycles. The fourth-order valence-electron chi connectivity index (χ4n) is 2.63. The van der Waals surface area contributed by atoms with Gasteiger partial charge in [-0.05, 0) is 36.8 Å². The Labute approximate surface area is 118 Å². The van der Waals surface area contributed by atoms with E-state index < -0.39 is 0 Å². The lowest BCUT2D eigenvalue weighted by molar-refractivity contribution is 0.415. The Bertz CT molecular complexity index is 742. The summed E-state index contributed by atoms with van der Waals surface area (Å²) < 4.78 is 10.7. The lowest BCUT2D eigenvalue weighted by Gasteiger charge is -2.07. The van der Waals surface area contributed by atoms with E-state index in [4.69, 9.17) is 9.47 Å². The van der Waals surface area contributed by atoms with Gasteiger partial charge in [-0.1, -0.05) is 18.2 Å². The van der Waals surface area contributed by atoms with Crippen molar-refractivity contribution in [3.05, 3.63) is 48.2 Å². The predicted molar refractivity (Wildman–Crippen MR) is 81.6 cm³/mol. The number of nitrogens with one attached hydrogen (secondary N) is 1. The smallest absolute Gasteiger partial charge is 0.128 e. The molecule has 3 aromatic rings. The van der Waals surface area contributed by atoms with Crippen molar-refractivity contribution in [3.63, 3.8) is 0 Å². The molecule has 0 unspecified atom stereocenters. The molecule has 3 heteroatoms. The van der Waals surface area contributed by atoms with Gasteiger partial charge in [0, 0.05) is 22.2 Å². The number of H-pyrrole nitrogens is 1. The maximum Gasteiger partial charge on any atom is 0.128 e. The zero-order valence-electron chi connectivity index (χ0n) is 11.9. The largest absolute Gasteiger partial charge is 0.497 e. The zero-order valence-corrected chi connectivity index (χ0v) is 11.9. The molecule has 0 fully saturated rings. The number of benzene rings is 2. The molecule has 3 nitrogen and oxygen atoms in total. The molecule has 0 aliphatic carbocycles. The van der Waals surface area contributed by atoms with Gasteiger partial charge in [0.1, 0.15) is 11.5 Å². The lowest BCUT2D eigenvalue weighted by atomic mass is 10.0. The molecule has 2 aromatic carbocycles. The van der Waals surface area contributed by atoms with E-state index in [1.165, 1.54) is 5.56 Å². The van der Waals surface area contributed by atoms with Gasteiger partial charge in [0.05, 0.1) is 14.2 Å². The van der Waals surface area contributed by atoms with E-state index in [9.17, 15) is 0 Å². The maximum absolute atomic E-state index is 5.50. The summed E-state index contributed by atoms with van der Waals surface area (Å²) in [6.45, 7) is 2.08. The van der Waals surface area contributed by atoms with Crippen LogP contribution < -0.4 is 9.47 Å². The summed E-state index contributed by atoms with van der Waals surface area (Å²) in [5.74, 6) is 1.75. The van der Waals surface area contributed by atoms with Crippen molar-refractivity contribution in [1.82, 2.24) is 4.98 Å². The van der Waals surface area contributed by atoms with E-state index in [0.29, 0.717) is 0 Å². The molecule has 0 atom stereocenters. The summed E-state index contributed by atoms with van der Waals surface area (Å²) >= 11 is 0. The molecule has 0 radical (unpaired) electrons. The molecule has 0 amide bonds. The number of aromatic amines is 1. The Balaban J connectivity index is 2.26. The Morgan fingerprint density at radius 3 is 2.30 bits per heavy atom. The highest BCUT2D eigenvalue weighted by molar-refractivity contribution is 6.01. The quantitative estimate of drug-likeness (QED) is 0.773. The number of hydrogen-bond donors (Lipinski definition) is 1. The molecule has 1 N–H and O–H groups in total. The third-order valence-electron chi connectivity index (χ3n) is 3.57.